The third kappa shape index (κ3) is 9.60. The second-order valence-electron chi connectivity index (χ2n) is 11.5. The van der Waals surface area contributed by atoms with Gasteiger partial charge >= 0.3 is 0 Å². The maximum atomic E-state index is 13.7. The first kappa shape index (κ1) is 37.7. The number of methoxy groups -OCH3 is 3. The molecule has 0 bridgehead atoms. The average Bonchev–Trinajstić information content (AvgIpc) is 3.18. The van der Waals surface area contributed by atoms with Crippen molar-refractivity contribution in [3.05, 3.63) is 153 Å². The van der Waals surface area contributed by atoms with Crippen molar-refractivity contribution in [3.8, 4) is 17.2 Å². The Morgan fingerprint density at radius 2 is 1.40 bits per heavy atom. The number of benzene rings is 5. The summed E-state index contributed by atoms with van der Waals surface area (Å²) in [4.78, 5) is 52.2. The summed E-state index contributed by atoms with van der Waals surface area (Å²) in [5, 5.41) is 19.1. The van der Waals surface area contributed by atoms with Gasteiger partial charge in [0.2, 0.25) is 11.7 Å². The van der Waals surface area contributed by atoms with E-state index in [9.17, 15) is 24.5 Å². The summed E-state index contributed by atoms with van der Waals surface area (Å²) in [5.74, 6) is -0.353. The largest absolute Gasteiger partial charge is 0.493 e. The van der Waals surface area contributed by atoms with Gasteiger partial charge in [-0.25, -0.2) is 0 Å². The number of nitrogens with zero attached hydrogens (tertiary/aromatic N) is 1. The van der Waals surface area contributed by atoms with Gasteiger partial charge in [0.25, 0.3) is 17.5 Å². The zero-order valence-corrected chi connectivity index (χ0v) is 30.1. The molecule has 0 fully saturated rings. The van der Waals surface area contributed by atoms with Crippen LogP contribution in [-0.2, 0) is 9.59 Å². The SMILES string of the molecule is COc1cc(/C=C(\NC(=O)c2ccccc2)C(=O)Nc2ccc(SC(C(=O)Nc3cc([N+](=O)[O-])ccc3C)c3ccccc3)cc2)cc(OC)c1OC. The lowest BCUT2D eigenvalue weighted by atomic mass is 10.1. The van der Waals surface area contributed by atoms with Gasteiger partial charge in [-0.15, -0.1) is 11.8 Å². The molecule has 0 aliphatic heterocycles. The van der Waals surface area contributed by atoms with Gasteiger partial charge in [0, 0.05) is 28.3 Å². The normalized spacial score (nSPS) is 11.5. The van der Waals surface area contributed by atoms with E-state index < -0.39 is 22.0 Å². The van der Waals surface area contributed by atoms with E-state index in [1.807, 2.05) is 30.3 Å². The van der Waals surface area contributed by atoms with Crippen LogP contribution in [0.1, 0.15) is 32.3 Å². The van der Waals surface area contributed by atoms with Gasteiger partial charge in [-0.05, 0) is 78.2 Å². The number of rotatable bonds is 14. The lowest BCUT2D eigenvalue weighted by molar-refractivity contribution is -0.384. The van der Waals surface area contributed by atoms with Crippen molar-refractivity contribution in [1.82, 2.24) is 5.32 Å². The number of non-ortho nitro benzene ring substituents is 1. The number of hydrogen-bond acceptors (Lipinski definition) is 9. The Labute approximate surface area is 310 Å². The Hall–Kier alpha value is -6.60. The summed E-state index contributed by atoms with van der Waals surface area (Å²) in [6, 6.07) is 32.1. The van der Waals surface area contributed by atoms with E-state index in [1.165, 1.54) is 51.3 Å². The van der Waals surface area contributed by atoms with Crippen molar-refractivity contribution >= 4 is 52.6 Å². The van der Waals surface area contributed by atoms with E-state index >= 15 is 0 Å². The Morgan fingerprint density at radius 1 is 0.774 bits per heavy atom. The van der Waals surface area contributed by atoms with Crippen molar-refractivity contribution in [1.29, 1.82) is 0 Å². The van der Waals surface area contributed by atoms with Crippen LogP contribution >= 0.6 is 11.8 Å². The predicted molar refractivity (Wildman–Crippen MR) is 205 cm³/mol. The van der Waals surface area contributed by atoms with Crippen LogP contribution < -0.4 is 30.2 Å². The molecule has 53 heavy (non-hydrogen) atoms. The van der Waals surface area contributed by atoms with E-state index in [2.05, 4.69) is 16.0 Å². The topological polar surface area (TPSA) is 158 Å². The summed E-state index contributed by atoms with van der Waals surface area (Å²) in [7, 11) is 4.44. The van der Waals surface area contributed by atoms with E-state index in [0.29, 0.717) is 50.2 Å². The number of hydrogen-bond donors (Lipinski definition) is 3. The third-order valence-corrected chi connectivity index (χ3v) is 9.19. The molecular formula is C40H36N4O8S. The molecule has 13 heteroatoms. The molecule has 3 amide bonds. The summed E-state index contributed by atoms with van der Waals surface area (Å²) in [6.07, 6.45) is 1.50. The molecule has 5 aromatic rings. The van der Waals surface area contributed by atoms with Crippen molar-refractivity contribution in [2.75, 3.05) is 32.0 Å². The molecule has 12 nitrogen and oxygen atoms in total. The van der Waals surface area contributed by atoms with Gasteiger partial charge in [0.15, 0.2) is 11.5 Å². The number of carbonyl (C=O) groups is 3. The molecule has 1 unspecified atom stereocenters. The van der Waals surface area contributed by atoms with Crippen LogP contribution in [0.3, 0.4) is 0 Å². The van der Waals surface area contributed by atoms with Crippen LogP contribution in [0.2, 0.25) is 0 Å². The number of ether oxygens (including phenoxy) is 3. The van der Waals surface area contributed by atoms with E-state index in [4.69, 9.17) is 14.2 Å². The summed E-state index contributed by atoms with van der Waals surface area (Å²) in [6.45, 7) is 1.76. The lowest BCUT2D eigenvalue weighted by Crippen LogP contribution is -2.30. The maximum Gasteiger partial charge on any atom is 0.272 e. The second-order valence-corrected chi connectivity index (χ2v) is 12.6. The van der Waals surface area contributed by atoms with Gasteiger partial charge in [-0.2, -0.15) is 0 Å². The van der Waals surface area contributed by atoms with Gasteiger partial charge < -0.3 is 30.2 Å². The van der Waals surface area contributed by atoms with Crippen LogP contribution in [-0.4, -0.2) is 44.0 Å². The highest BCUT2D eigenvalue weighted by Gasteiger charge is 2.24. The Balaban J connectivity index is 1.39. The first-order chi connectivity index (χ1) is 25.6. The lowest BCUT2D eigenvalue weighted by Gasteiger charge is -2.18. The molecule has 0 aliphatic rings. The van der Waals surface area contributed by atoms with Gasteiger partial charge in [-0.1, -0.05) is 54.6 Å². The molecule has 0 saturated heterocycles. The molecule has 5 rings (SSSR count). The maximum absolute atomic E-state index is 13.7. The highest BCUT2D eigenvalue weighted by molar-refractivity contribution is 8.00. The minimum atomic E-state index is -0.712. The number of nitro groups is 1. The number of carbonyl (C=O) groups excluding carboxylic acids is 3. The van der Waals surface area contributed by atoms with Gasteiger partial charge in [0.1, 0.15) is 10.9 Å². The van der Waals surface area contributed by atoms with Crippen molar-refractivity contribution in [2.45, 2.75) is 17.1 Å². The van der Waals surface area contributed by atoms with Gasteiger partial charge in [0.05, 0.1) is 31.9 Å². The minimum Gasteiger partial charge on any atom is -0.493 e. The van der Waals surface area contributed by atoms with Crippen LogP contribution in [0.25, 0.3) is 6.08 Å². The van der Waals surface area contributed by atoms with Crippen LogP contribution in [0.5, 0.6) is 17.2 Å². The fourth-order valence-corrected chi connectivity index (χ4v) is 6.23. The van der Waals surface area contributed by atoms with Crippen molar-refractivity contribution in [2.24, 2.45) is 0 Å². The smallest absolute Gasteiger partial charge is 0.272 e. The van der Waals surface area contributed by atoms with Crippen molar-refractivity contribution in [3.63, 3.8) is 0 Å². The van der Waals surface area contributed by atoms with Gasteiger partial charge in [-0.3, -0.25) is 24.5 Å². The second kappa shape index (κ2) is 17.6. The van der Waals surface area contributed by atoms with Crippen LogP contribution in [0.4, 0.5) is 17.1 Å². The van der Waals surface area contributed by atoms with Crippen LogP contribution in [0.15, 0.2) is 126 Å². The van der Waals surface area contributed by atoms with Crippen molar-refractivity contribution < 1.29 is 33.5 Å². The number of amides is 3. The number of thioether (sulfide) groups is 1. The Kier molecular flexibility index (Phi) is 12.5. The predicted octanol–water partition coefficient (Wildman–Crippen LogP) is 7.81. The zero-order chi connectivity index (χ0) is 37.9. The van der Waals surface area contributed by atoms with E-state index in [0.717, 1.165) is 5.56 Å². The molecule has 3 N–H and O–H groups in total. The fraction of sp³-hybridized carbons (Fsp3) is 0.125. The molecule has 1 atom stereocenters. The quantitative estimate of drug-likeness (QED) is 0.0448. The van der Waals surface area contributed by atoms with E-state index in [1.54, 1.807) is 79.7 Å². The standard InChI is InChI=1S/C40H36N4O8S/c1-25-15-18-30(44(48)49)24-32(25)42-40(47)37(27-11-7-5-8-12-27)53-31-19-16-29(17-20-31)41-39(46)33(43-38(45)28-13-9-6-10-14-28)21-26-22-34(50-2)36(52-4)35(23-26)51-3/h5-24,37H,1-4H3,(H,41,46)(H,42,47)(H,43,45)/b33-21-. The summed E-state index contributed by atoms with van der Waals surface area (Å²) >= 11 is 1.28. The molecule has 0 aromatic heterocycles. The molecule has 0 radical (unpaired) electrons. The highest BCUT2D eigenvalue weighted by Crippen LogP contribution is 2.39. The number of nitrogens with one attached hydrogen (secondary N) is 3. The minimum absolute atomic E-state index is 0.0520. The molecule has 0 heterocycles. The first-order valence-corrected chi connectivity index (χ1v) is 17.0. The summed E-state index contributed by atoms with van der Waals surface area (Å²) < 4.78 is 16.3. The first-order valence-electron chi connectivity index (χ1n) is 16.2. The molecule has 0 aliphatic carbocycles. The molecule has 270 valence electrons. The Morgan fingerprint density at radius 3 is 1.98 bits per heavy atom. The third-order valence-electron chi connectivity index (χ3n) is 7.92. The average molecular weight is 733 g/mol. The highest BCUT2D eigenvalue weighted by atomic mass is 32.2. The fourth-order valence-electron chi connectivity index (χ4n) is 5.20. The molecular weight excluding hydrogens is 697 g/mol. The Bertz CT molecular complexity index is 2120. The number of anilines is 2. The van der Waals surface area contributed by atoms with Crippen LogP contribution in [0, 0.1) is 17.0 Å². The molecule has 0 saturated carbocycles. The molecule has 0 spiro atoms. The monoisotopic (exact) mass is 732 g/mol. The number of aryl methyl sites for hydroxylation is 1. The summed E-state index contributed by atoms with van der Waals surface area (Å²) in [5.41, 5.74) is 2.85. The molecule has 5 aromatic carbocycles. The van der Waals surface area contributed by atoms with E-state index in [-0.39, 0.29) is 17.3 Å². The zero-order valence-electron chi connectivity index (χ0n) is 29.2. The number of nitro benzene ring substituents is 1.